The first-order chi connectivity index (χ1) is 13.3. The van der Waals surface area contributed by atoms with Crippen molar-refractivity contribution < 1.29 is 8.42 Å². The molecule has 1 saturated heterocycles. The molecule has 1 aliphatic heterocycles. The first-order valence-corrected chi connectivity index (χ1v) is 11.3. The Morgan fingerprint density at radius 2 is 1.68 bits per heavy atom. The molecule has 3 rings (SSSR count). The van der Waals surface area contributed by atoms with E-state index in [-0.39, 0.29) is 6.04 Å². The van der Waals surface area contributed by atoms with Crippen LogP contribution < -0.4 is 9.62 Å². The van der Waals surface area contributed by atoms with E-state index in [0.29, 0.717) is 11.4 Å². The van der Waals surface area contributed by atoms with E-state index in [9.17, 15) is 8.42 Å². The standard InChI is InChI=1S/C22H31N3O2S/c1-17-7-8-18(2)22(15-17)28(26,27)23-16-21(25-13-5-6-14-25)19-9-11-20(12-10-19)24(3)4/h7-12,15,21,23H,5-6,13-14,16H2,1-4H3. The Balaban J connectivity index is 1.82. The summed E-state index contributed by atoms with van der Waals surface area (Å²) in [4.78, 5) is 4.82. The summed E-state index contributed by atoms with van der Waals surface area (Å²) in [6, 6.07) is 14.0. The van der Waals surface area contributed by atoms with Crippen LogP contribution in [0.2, 0.25) is 0 Å². The van der Waals surface area contributed by atoms with Crippen molar-refractivity contribution in [3.8, 4) is 0 Å². The van der Waals surface area contributed by atoms with Crippen LogP contribution in [-0.2, 0) is 10.0 Å². The van der Waals surface area contributed by atoms with Crippen LogP contribution in [0.25, 0.3) is 0 Å². The molecule has 1 unspecified atom stereocenters. The van der Waals surface area contributed by atoms with Crippen LogP contribution in [0, 0.1) is 13.8 Å². The van der Waals surface area contributed by atoms with Gasteiger partial charge in [0, 0.05) is 32.4 Å². The van der Waals surface area contributed by atoms with E-state index in [1.807, 2.05) is 40.1 Å². The van der Waals surface area contributed by atoms with Gasteiger partial charge in [0.25, 0.3) is 0 Å². The summed E-state index contributed by atoms with van der Waals surface area (Å²) in [5.74, 6) is 0. The summed E-state index contributed by atoms with van der Waals surface area (Å²) in [6.45, 7) is 6.14. The van der Waals surface area contributed by atoms with Crippen LogP contribution in [-0.4, -0.2) is 47.0 Å². The second kappa shape index (κ2) is 8.64. The second-order valence-electron chi connectivity index (χ2n) is 7.87. The normalized spacial score (nSPS) is 16.3. The Labute approximate surface area is 169 Å². The number of hydrogen-bond donors (Lipinski definition) is 1. The van der Waals surface area contributed by atoms with Crippen molar-refractivity contribution in [1.29, 1.82) is 0 Å². The number of anilines is 1. The van der Waals surface area contributed by atoms with Crippen molar-refractivity contribution in [3.63, 3.8) is 0 Å². The van der Waals surface area contributed by atoms with Crippen molar-refractivity contribution in [2.45, 2.75) is 37.6 Å². The van der Waals surface area contributed by atoms with Crippen LogP contribution in [0.3, 0.4) is 0 Å². The van der Waals surface area contributed by atoms with E-state index < -0.39 is 10.0 Å². The average Bonchev–Trinajstić information content (AvgIpc) is 3.18. The van der Waals surface area contributed by atoms with E-state index in [4.69, 9.17) is 0 Å². The van der Waals surface area contributed by atoms with Crippen LogP contribution in [0.5, 0.6) is 0 Å². The molecule has 5 nitrogen and oxygen atoms in total. The van der Waals surface area contributed by atoms with Crippen LogP contribution in [0.15, 0.2) is 47.4 Å². The molecule has 1 N–H and O–H groups in total. The predicted octanol–water partition coefficient (Wildman–Crippen LogP) is 3.48. The highest BCUT2D eigenvalue weighted by Gasteiger charge is 2.26. The molecule has 0 amide bonds. The van der Waals surface area contributed by atoms with Gasteiger partial charge in [0.15, 0.2) is 0 Å². The lowest BCUT2D eigenvalue weighted by Crippen LogP contribution is -2.37. The van der Waals surface area contributed by atoms with Crippen LogP contribution in [0.1, 0.15) is 35.6 Å². The highest BCUT2D eigenvalue weighted by atomic mass is 32.2. The van der Waals surface area contributed by atoms with E-state index in [0.717, 1.165) is 48.3 Å². The maximum atomic E-state index is 13.0. The van der Waals surface area contributed by atoms with Crippen molar-refractivity contribution >= 4 is 15.7 Å². The maximum absolute atomic E-state index is 13.0. The number of aryl methyl sites for hydroxylation is 2. The molecular formula is C22H31N3O2S. The minimum Gasteiger partial charge on any atom is -0.378 e. The zero-order valence-electron chi connectivity index (χ0n) is 17.3. The third-order valence-electron chi connectivity index (χ3n) is 5.48. The minimum absolute atomic E-state index is 0.0404. The molecule has 28 heavy (non-hydrogen) atoms. The summed E-state index contributed by atoms with van der Waals surface area (Å²) in [6.07, 6.45) is 2.33. The van der Waals surface area contributed by atoms with E-state index in [1.54, 1.807) is 6.07 Å². The third kappa shape index (κ3) is 4.74. The zero-order chi connectivity index (χ0) is 20.3. The van der Waals surface area contributed by atoms with Gasteiger partial charge < -0.3 is 4.90 Å². The van der Waals surface area contributed by atoms with Gasteiger partial charge in [-0.15, -0.1) is 0 Å². The molecule has 0 spiro atoms. The van der Waals surface area contributed by atoms with Gasteiger partial charge in [-0.1, -0.05) is 24.3 Å². The van der Waals surface area contributed by atoms with E-state index in [1.165, 1.54) is 0 Å². The molecule has 0 saturated carbocycles. The van der Waals surface area contributed by atoms with E-state index in [2.05, 4.69) is 38.8 Å². The monoisotopic (exact) mass is 401 g/mol. The summed E-state index contributed by atoms with van der Waals surface area (Å²) >= 11 is 0. The largest absolute Gasteiger partial charge is 0.378 e. The van der Waals surface area contributed by atoms with Gasteiger partial charge in [0.2, 0.25) is 10.0 Å². The SMILES string of the molecule is Cc1ccc(C)c(S(=O)(=O)NCC(c2ccc(N(C)C)cc2)N2CCCC2)c1. The number of sulfonamides is 1. The van der Waals surface area contributed by atoms with Crippen molar-refractivity contribution in [3.05, 3.63) is 59.2 Å². The molecule has 1 atom stereocenters. The van der Waals surface area contributed by atoms with Gasteiger partial charge in [0.1, 0.15) is 0 Å². The van der Waals surface area contributed by atoms with Crippen molar-refractivity contribution in [2.75, 3.05) is 38.6 Å². The lowest BCUT2D eigenvalue weighted by atomic mass is 10.1. The van der Waals surface area contributed by atoms with Crippen LogP contribution >= 0.6 is 0 Å². The number of rotatable bonds is 7. The zero-order valence-corrected chi connectivity index (χ0v) is 18.1. The van der Waals surface area contributed by atoms with E-state index >= 15 is 0 Å². The second-order valence-corrected chi connectivity index (χ2v) is 9.60. The lowest BCUT2D eigenvalue weighted by Gasteiger charge is -2.28. The Hall–Kier alpha value is -1.89. The maximum Gasteiger partial charge on any atom is 0.240 e. The topological polar surface area (TPSA) is 52.7 Å². The first kappa shape index (κ1) is 20.8. The van der Waals surface area contributed by atoms with Gasteiger partial charge >= 0.3 is 0 Å². The Kier molecular flexibility index (Phi) is 6.43. The highest BCUT2D eigenvalue weighted by Crippen LogP contribution is 2.27. The molecule has 152 valence electrons. The molecule has 0 bridgehead atoms. The number of nitrogens with one attached hydrogen (secondary N) is 1. The lowest BCUT2D eigenvalue weighted by molar-refractivity contribution is 0.246. The molecule has 1 heterocycles. The molecule has 1 aliphatic rings. The first-order valence-electron chi connectivity index (χ1n) is 9.86. The Morgan fingerprint density at radius 1 is 1.04 bits per heavy atom. The minimum atomic E-state index is -3.55. The number of likely N-dealkylation sites (tertiary alicyclic amines) is 1. The molecule has 6 heteroatoms. The van der Waals surface area contributed by atoms with Crippen LogP contribution in [0.4, 0.5) is 5.69 Å². The van der Waals surface area contributed by atoms with Gasteiger partial charge in [-0.25, -0.2) is 13.1 Å². The quantitative estimate of drug-likeness (QED) is 0.772. The summed E-state index contributed by atoms with van der Waals surface area (Å²) in [7, 11) is 0.486. The molecule has 1 fully saturated rings. The van der Waals surface area contributed by atoms with Gasteiger partial charge in [0.05, 0.1) is 4.90 Å². The number of nitrogens with zero attached hydrogens (tertiary/aromatic N) is 2. The van der Waals surface area contributed by atoms with Crippen molar-refractivity contribution in [2.24, 2.45) is 0 Å². The van der Waals surface area contributed by atoms with Crippen molar-refractivity contribution in [1.82, 2.24) is 9.62 Å². The Bertz CT molecular complexity index is 902. The number of benzene rings is 2. The average molecular weight is 402 g/mol. The van der Waals surface area contributed by atoms with Gasteiger partial charge in [-0.3, -0.25) is 4.90 Å². The molecule has 2 aromatic rings. The predicted molar refractivity (Wildman–Crippen MR) is 115 cm³/mol. The molecule has 2 aromatic carbocycles. The number of hydrogen-bond acceptors (Lipinski definition) is 4. The summed E-state index contributed by atoms with van der Waals surface area (Å²) < 4.78 is 28.8. The fourth-order valence-electron chi connectivity index (χ4n) is 3.77. The van der Waals surface area contributed by atoms with Gasteiger partial charge in [-0.05, 0) is 74.7 Å². The summed E-state index contributed by atoms with van der Waals surface area (Å²) in [5, 5.41) is 0. The Morgan fingerprint density at radius 3 is 2.29 bits per heavy atom. The smallest absolute Gasteiger partial charge is 0.240 e. The molecule has 0 aromatic heterocycles. The summed E-state index contributed by atoms with van der Waals surface area (Å²) in [5.41, 5.74) is 4.00. The molecule has 0 radical (unpaired) electrons. The molecular weight excluding hydrogens is 370 g/mol. The third-order valence-corrected chi connectivity index (χ3v) is 7.04. The van der Waals surface area contributed by atoms with Gasteiger partial charge in [-0.2, -0.15) is 0 Å². The fraction of sp³-hybridized carbons (Fsp3) is 0.455. The fourth-order valence-corrected chi connectivity index (χ4v) is 5.13. The molecule has 0 aliphatic carbocycles. The highest BCUT2D eigenvalue weighted by molar-refractivity contribution is 7.89.